The van der Waals surface area contributed by atoms with Gasteiger partial charge in [0.05, 0.1) is 14.8 Å². The third-order valence-electron chi connectivity index (χ3n) is 4.40. The van der Waals surface area contributed by atoms with Crippen LogP contribution in [0.25, 0.3) is 21.8 Å². The van der Waals surface area contributed by atoms with Gasteiger partial charge in [0.25, 0.3) is 0 Å². The van der Waals surface area contributed by atoms with Crippen LogP contribution >= 0.6 is 34.4 Å². The number of carbonyl (C=O) groups excluding carboxylic acids is 2. The summed E-state index contributed by atoms with van der Waals surface area (Å²) in [7, 11) is 0. The molecule has 11 heteroatoms. The van der Waals surface area contributed by atoms with Gasteiger partial charge in [0.2, 0.25) is 0 Å². The Hall–Kier alpha value is -2.89. The average Bonchev–Trinajstić information content (AvgIpc) is 3.42. The minimum Gasteiger partial charge on any atom is -0.482 e. The first-order valence-electron chi connectivity index (χ1n) is 11.4. The van der Waals surface area contributed by atoms with Crippen molar-refractivity contribution in [2.75, 3.05) is 12.9 Å². The van der Waals surface area contributed by atoms with Gasteiger partial charge in [-0.05, 0) is 66.0 Å². The number of nitrogens with one attached hydrogen (secondary N) is 2. The van der Waals surface area contributed by atoms with Crippen molar-refractivity contribution in [2.45, 2.75) is 57.0 Å². The molecule has 198 valence electrons. The molecule has 2 aromatic heterocycles. The number of ether oxygens (including phenoxy) is 3. The summed E-state index contributed by atoms with van der Waals surface area (Å²) in [6.07, 6.45) is 1.30. The number of esters is 1. The molecular formula is C26H31N3O5S3. The van der Waals surface area contributed by atoms with Gasteiger partial charge in [-0.25, -0.2) is 14.6 Å². The second-order valence-corrected chi connectivity index (χ2v) is 12.9. The molecule has 0 unspecified atom stereocenters. The highest BCUT2D eigenvalue weighted by molar-refractivity contribution is 8.00. The number of amidine groups is 1. The van der Waals surface area contributed by atoms with Crippen LogP contribution in [-0.4, -0.2) is 46.9 Å². The van der Waals surface area contributed by atoms with Crippen molar-refractivity contribution in [3.63, 3.8) is 0 Å². The fourth-order valence-corrected chi connectivity index (χ4v) is 5.81. The summed E-state index contributed by atoms with van der Waals surface area (Å²) in [5.74, 6) is 0.0908. The molecule has 0 fully saturated rings. The average molecular weight is 562 g/mol. The summed E-state index contributed by atoms with van der Waals surface area (Å²) in [6, 6.07) is 9.24. The number of carbonyl (C=O) groups is 2. The van der Waals surface area contributed by atoms with Crippen LogP contribution in [0.5, 0.6) is 5.75 Å². The highest BCUT2D eigenvalue weighted by Crippen LogP contribution is 2.40. The van der Waals surface area contributed by atoms with Crippen molar-refractivity contribution in [3.05, 3.63) is 40.6 Å². The zero-order chi connectivity index (χ0) is 27.4. The van der Waals surface area contributed by atoms with Gasteiger partial charge in [-0.3, -0.25) is 10.7 Å². The number of hydrogen-bond donors (Lipinski definition) is 2. The molecular weight excluding hydrogens is 531 g/mol. The molecule has 2 heterocycles. The van der Waals surface area contributed by atoms with Crippen LogP contribution in [-0.2, 0) is 14.3 Å². The van der Waals surface area contributed by atoms with Crippen molar-refractivity contribution < 1.29 is 23.8 Å². The standard InChI is InChI=1S/C26H31N3O5S3/c1-25(2,3)33-20(30)13-32-16-10-8-9-15(11-16)18-14-36-22(28-18)17-12-19(37-23(17)35-7)21(27)29-24(31)34-26(4,5)6/h8-12,14H,13H2,1-7H3,(H2,27,29,31). The lowest BCUT2D eigenvalue weighted by molar-refractivity contribution is -0.157. The molecule has 0 saturated carbocycles. The Morgan fingerprint density at radius 2 is 1.78 bits per heavy atom. The Bertz CT molecular complexity index is 1290. The molecule has 1 amide bonds. The Morgan fingerprint density at radius 3 is 2.43 bits per heavy atom. The third kappa shape index (κ3) is 8.58. The first-order valence-corrected chi connectivity index (χ1v) is 14.3. The van der Waals surface area contributed by atoms with Crippen LogP contribution in [0.2, 0.25) is 0 Å². The van der Waals surface area contributed by atoms with E-state index in [0.29, 0.717) is 10.6 Å². The number of rotatable bonds is 7. The van der Waals surface area contributed by atoms with E-state index in [1.165, 1.54) is 22.7 Å². The lowest BCUT2D eigenvalue weighted by Crippen LogP contribution is -2.36. The Balaban J connectivity index is 1.74. The Labute approximate surface area is 229 Å². The summed E-state index contributed by atoms with van der Waals surface area (Å²) in [5.41, 5.74) is 1.30. The fourth-order valence-electron chi connectivity index (χ4n) is 3.05. The minimum atomic E-state index is -0.663. The van der Waals surface area contributed by atoms with E-state index in [0.717, 1.165) is 26.0 Å². The smallest absolute Gasteiger partial charge is 0.413 e. The lowest BCUT2D eigenvalue weighted by atomic mass is 10.1. The zero-order valence-electron chi connectivity index (χ0n) is 21.9. The summed E-state index contributed by atoms with van der Waals surface area (Å²) < 4.78 is 17.2. The number of thioether (sulfide) groups is 1. The predicted molar refractivity (Wildman–Crippen MR) is 150 cm³/mol. The second kappa shape index (κ2) is 11.7. The molecule has 3 aromatic rings. The molecule has 0 saturated heterocycles. The Morgan fingerprint density at radius 1 is 1.08 bits per heavy atom. The van der Waals surface area contributed by atoms with Gasteiger partial charge in [-0.15, -0.1) is 34.4 Å². The fraction of sp³-hybridized carbons (Fsp3) is 0.385. The number of alkyl carbamates (subject to hydrolysis) is 1. The van der Waals surface area contributed by atoms with E-state index in [1.54, 1.807) is 38.6 Å². The van der Waals surface area contributed by atoms with E-state index in [9.17, 15) is 9.59 Å². The van der Waals surface area contributed by atoms with E-state index in [4.69, 9.17) is 24.6 Å². The number of amides is 1. The van der Waals surface area contributed by atoms with E-state index < -0.39 is 23.3 Å². The van der Waals surface area contributed by atoms with Gasteiger partial charge < -0.3 is 14.2 Å². The minimum absolute atomic E-state index is 0.0209. The highest BCUT2D eigenvalue weighted by atomic mass is 32.2. The SMILES string of the molecule is CSc1sc(C(=N)NC(=O)OC(C)(C)C)cc1-c1nc(-c2cccc(OCC(=O)OC(C)(C)C)c2)cs1. The number of nitrogens with zero attached hydrogens (tertiary/aromatic N) is 1. The van der Waals surface area contributed by atoms with Crippen molar-refractivity contribution in [3.8, 4) is 27.6 Å². The largest absolute Gasteiger partial charge is 0.482 e. The van der Waals surface area contributed by atoms with E-state index in [2.05, 4.69) is 5.32 Å². The molecule has 37 heavy (non-hydrogen) atoms. The first kappa shape index (κ1) is 28.7. The number of aromatic nitrogens is 1. The normalized spacial score (nSPS) is 11.6. The first-order chi connectivity index (χ1) is 17.2. The maximum atomic E-state index is 12.1. The second-order valence-electron chi connectivity index (χ2n) is 9.96. The number of thiophene rings is 1. The molecule has 0 atom stereocenters. The van der Waals surface area contributed by atoms with Crippen LogP contribution < -0.4 is 10.1 Å². The van der Waals surface area contributed by atoms with Gasteiger partial charge >= 0.3 is 12.1 Å². The molecule has 0 radical (unpaired) electrons. The van der Waals surface area contributed by atoms with Crippen LogP contribution in [0.4, 0.5) is 4.79 Å². The van der Waals surface area contributed by atoms with Gasteiger partial charge in [0.15, 0.2) is 6.61 Å². The van der Waals surface area contributed by atoms with E-state index in [1.807, 2.05) is 56.7 Å². The molecule has 8 nitrogen and oxygen atoms in total. The molecule has 0 bridgehead atoms. The molecule has 3 rings (SSSR count). The molecule has 1 aromatic carbocycles. The Kier molecular flexibility index (Phi) is 9.04. The summed E-state index contributed by atoms with van der Waals surface area (Å²) in [6.45, 7) is 10.6. The van der Waals surface area contributed by atoms with Crippen LogP contribution in [0, 0.1) is 5.41 Å². The lowest BCUT2D eigenvalue weighted by Gasteiger charge is -2.19. The number of hydrogen-bond acceptors (Lipinski definition) is 10. The maximum absolute atomic E-state index is 12.1. The predicted octanol–water partition coefficient (Wildman–Crippen LogP) is 6.83. The van der Waals surface area contributed by atoms with Gasteiger partial charge in [-0.2, -0.15) is 0 Å². The van der Waals surface area contributed by atoms with Gasteiger partial charge in [-0.1, -0.05) is 12.1 Å². The summed E-state index contributed by atoms with van der Waals surface area (Å²) in [5, 5.41) is 13.6. The van der Waals surface area contributed by atoms with E-state index >= 15 is 0 Å². The topological polar surface area (TPSA) is 111 Å². The molecule has 2 N–H and O–H groups in total. The van der Waals surface area contributed by atoms with E-state index in [-0.39, 0.29) is 12.4 Å². The quantitative estimate of drug-likeness (QED) is 0.141. The number of thiazole rings is 1. The third-order valence-corrected chi connectivity index (χ3v) is 7.56. The molecule has 0 aliphatic heterocycles. The molecule has 0 aliphatic rings. The maximum Gasteiger partial charge on any atom is 0.413 e. The molecule has 0 aliphatic carbocycles. The van der Waals surface area contributed by atoms with Crippen LogP contribution in [0.3, 0.4) is 0 Å². The monoisotopic (exact) mass is 561 g/mol. The van der Waals surface area contributed by atoms with Crippen molar-refractivity contribution in [2.24, 2.45) is 0 Å². The van der Waals surface area contributed by atoms with Gasteiger partial charge in [0, 0.05) is 16.5 Å². The highest BCUT2D eigenvalue weighted by Gasteiger charge is 2.21. The number of benzene rings is 1. The van der Waals surface area contributed by atoms with Crippen molar-refractivity contribution >= 4 is 52.3 Å². The van der Waals surface area contributed by atoms with Gasteiger partial charge in [0.1, 0.15) is 27.8 Å². The zero-order valence-corrected chi connectivity index (χ0v) is 24.3. The summed E-state index contributed by atoms with van der Waals surface area (Å²) in [4.78, 5) is 29.5. The van der Waals surface area contributed by atoms with Crippen LogP contribution in [0.1, 0.15) is 46.4 Å². The van der Waals surface area contributed by atoms with Crippen LogP contribution in [0.15, 0.2) is 39.9 Å². The molecule has 0 spiro atoms. The van der Waals surface area contributed by atoms with Crippen molar-refractivity contribution in [1.29, 1.82) is 5.41 Å². The van der Waals surface area contributed by atoms with Crippen molar-refractivity contribution in [1.82, 2.24) is 10.3 Å². The summed E-state index contributed by atoms with van der Waals surface area (Å²) >= 11 is 4.46.